The van der Waals surface area contributed by atoms with E-state index in [9.17, 15) is 14.9 Å². The van der Waals surface area contributed by atoms with Crippen LogP contribution in [0.15, 0.2) is 18.2 Å². The topological polar surface area (TPSA) is 106 Å². The Bertz CT molecular complexity index is 615. The summed E-state index contributed by atoms with van der Waals surface area (Å²) in [5.41, 5.74) is -0.0951. The number of urea groups is 1. The van der Waals surface area contributed by atoms with Gasteiger partial charge in [-0.3, -0.25) is 15.0 Å². The zero-order valence-corrected chi connectivity index (χ0v) is 14.7. The highest BCUT2D eigenvalue weighted by Gasteiger charge is 2.22. The SMILES string of the molecule is COc1ccc(NC(=O)NCCN2CC(C)OC(C)C2)c([N+](=O)[O-])c1. The summed E-state index contributed by atoms with van der Waals surface area (Å²) >= 11 is 0. The van der Waals surface area contributed by atoms with Gasteiger partial charge in [-0.15, -0.1) is 0 Å². The fourth-order valence-electron chi connectivity index (χ4n) is 2.86. The molecule has 0 radical (unpaired) electrons. The number of ether oxygens (including phenoxy) is 2. The Morgan fingerprint density at radius 1 is 1.40 bits per heavy atom. The van der Waals surface area contributed by atoms with E-state index in [2.05, 4.69) is 15.5 Å². The number of anilines is 1. The van der Waals surface area contributed by atoms with Crippen molar-refractivity contribution in [3.8, 4) is 5.75 Å². The number of benzene rings is 1. The van der Waals surface area contributed by atoms with Crippen molar-refractivity contribution in [2.24, 2.45) is 0 Å². The first-order chi connectivity index (χ1) is 11.9. The van der Waals surface area contributed by atoms with Crippen molar-refractivity contribution in [1.29, 1.82) is 0 Å². The Morgan fingerprint density at radius 3 is 2.68 bits per heavy atom. The maximum absolute atomic E-state index is 12.0. The molecule has 9 nitrogen and oxygen atoms in total. The van der Waals surface area contributed by atoms with E-state index in [1.165, 1.54) is 19.2 Å². The summed E-state index contributed by atoms with van der Waals surface area (Å²) in [5.74, 6) is 0.355. The van der Waals surface area contributed by atoms with E-state index >= 15 is 0 Å². The van der Waals surface area contributed by atoms with E-state index in [0.29, 0.717) is 18.8 Å². The van der Waals surface area contributed by atoms with Crippen LogP contribution in [-0.4, -0.2) is 61.4 Å². The summed E-state index contributed by atoms with van der Waals surface area (Å²) in [5, 5.41) is 16.3. The minimum atomic E-state index is -0.561. The summed E-state index contributed by atoms with van der Waals surface area (Å²) in [6, 6.07) is 3.79. The lowest BCUT2D eigenvalue weighted by atomic mass is 10.2. The van der Waals surface area contributed by atoms with Crippen molar-refractivity contribution in [3.05, 3.63) is 28.3 Å². The summed E-state index contributed by atoms with van der Waals surface area (Å²) in [6.07, 6.45) is 0.332. The molecule has 2 unspecified atom stereocenters. The Labute approximate surface area is 146 Å². The monoisotopic (exact) mass is 352 g/mol. The first-order valence-electron chi connectivity index (χ1n) is 8.14. The molecule has 0 spiro atoms. The number of nitro benzene ring substituents is 1. The molecule has 9 heteroatoms. The van der Waals surface area contributed by atoms with Crippen LogP contribution in [0.25, 0.3) is 0 Å². The van der Waals surface area contributed by atoms with E-state index in [1.807, 2.05) is 13.8 Å². The highest BCUT2D eigenvalue weighted by Crippen LogP contribution is 2.28. The van der Waals surface area contributed by atoms with E-state index in [4.69, 9.17) is 9.47 Å². The van der Waals surface area contributed by atoms with E-state index in [-0.39, 0.29) is 23.6 Å². The zero-order valence-electron chi connectivity index (χ0n) is 14.7. The summed E-state index contributed by atoms with van der Waals surface area (Å²) in [4.78, 5) is 24.8. The first kappa shape index (κ1) is 18.9. The lowest BCUT2D eigenvalue weighted by Crippen LogP contribution is -2.48. The number of nitrogens with one attached hydrogen (secondary N) is 2. The molecule has 1 saturated heterocycles. The number of carbonyl (C=O) groups excluding carboxylic acids is 1. The van der Waals surface area contributed by atoms with Gasteiger partial charge in [0, 0.05) is 26.2 Å². The van der Waals surface area contributed by atoms with E-state index < -0.39 is 11.0 Å². The maximum atomic E-state index is 12.0. The van der Waals surface area contributed by atoms with Crippen molar-refractivity contribution >= 4 is 17.4 Å². The molecule has 138 valence electrons. The van der Waals surface area contributed by atoms with E-state index in [1.54, 1.807) is 6.07 Å². The Balaban J connectivity index is 1.85. The summed E-state index contributed by atoms with van der Waals surface area (Å²) < 4.78 is 10.6. The third-order valence-electron chi connectivity index (χ3n) is 3.86. The third kappa shape index (κ3) is 5.57. The van der Waals surface area contributed by atoms with Crippen molar-refractivity contribution in [1.82, 2.24) is 10.2 Å². The molecule has 25 heavy (non-hydrogen) atoms. The van der Waals surface area contributed by atoms with Crippen LogP contribution in [0.2, 0.25) is 0 Å². The standard InChI is InChI=1S/C16H24N4O5/c1-11-9-19(10-12(2)25-11)7-6-17-16(21)18-14-5-4-13(24-3)8-15(14)20(22)23/h4-5,8,11-12H,6-7,9-10H2,1-3H3,(H2,17,18,21). The van der Waals surface area contributed by atoms with Gasteiger partial charge in [-0.25, -0.2) is 4.79 Å². The third-order valence-corrected chi connectivity index (χ3v) is 3.86. The number of amides is 2. The molecule has 1 aliphatic rings. The molecule has 1 aromatic carbocycles. The minimum absolute atomic E-state index is 0.122. The second-order valence-corrected chi connectivity index (χ2v) is 6.04. The summed E-state index contributed by atoms with van der Waals surface area (Å²) in [6.45, 7) is 6.80. The highest BCUT2D eigenvalue weighted by atomic mass is 16.6. The van der Waals surface area contributed by atoms with Crippen molar-refractivity contribution < 1.29 is 19.2 Å². The predicted octanol–water partition coefficient (Wildman–Crippen LogP) is 1.83. The highest BCUT2D eigenvalue weighted by molar-refractivity contribution is 5.91. The molecule has 1 heterocycles. The fraction of sp³-hybridized carbons (Fsp3) is 0.562. The Hall–Kier alpha value is -2.39. The van der Waals surface area contributed by atoms with Gasteiger partial charge in [-0.1, -0.05) is 0 Å². The maximum Gasteiger partial charge on any atom is 0.319 e. The number of morpholine rings is 1. The van der Waals surface area contributed by atoms with Crippen LogP contribution in [0, 0.1) is 10.1 Å². The number of hydrogen-bond donors (Lipinski definition) is 2. The van der Waals surface area contributed by atoms with Crippen LogP contribution in [0.4, 0.5) is 16.2 Å². The molecule has 1 aliphatic heterocycles. The van der Waals surface area contributed by atoms with Gasteiger partial charge in [0.15, 0.2) is 0 Å². The van der Waals surface area contributed by atoms with Gasteiger partial charge in [0.1, 0.15) is 11.4 Å². The zero-order chi connectivity index (χ0) is 18.4. The normalized spacial score (nSPS) is 20.8. The number of methoxy groups -OCH3 is 1. The van der Waals surface area contributed by atoms with Gasteiger partial charge in [0.05, 0.1) is 30.3 Å². The Kier molecular flexibility index (Phi) is 6.54. The van der Waals surface area contributed by atoms with Gasteiger partial charge in [-0.05, 0) is 26.0 Å². The molecule has 0 bridgehead atoms. The second-order valence-electron chi connectivity index (χ2n) is 6.04. The van der Waals surface area contributed by atoms with Gasteiger partial charge in [0.2, 0.25) is 0 Å². The van der Waals surface area contributed by atoms with Gasteiger partial charge in [0.25, 0.3) is 5.69 Å². The molecular formula is C16H24N4O5. The second kappa shape index (κ2) is 8.63. The van der Waals surface area contributed by atoms with Gasteiger partial charge in [-0.2, -0.15) is 0 Å². The van der Waals surface area contributed by atoms with Gasteiger partial charge >= 0.3 is 6.03 Å². The van der Waals surface area contributed by atoms with Crippen LogP contribution in [0.3, 0.4) is 0 Å². The summed E-state index contributed by atoms with van der Waals surface area (Å²) in [7, 11) is 1.42. The Morgan fingerprint density at radius 2 is 2.08 bits per heavy atom. The van der Waals surface area contributed by atoms with Crippen LogP contribution in [0.1, 0.15) is 13.8 Å². The number of hydrogen-bond acceptors (Lipinski definition) is 6. The lowest BCUT2D eigenvalue weighted by molar-refractivity contribution is -0.384. The predicted molar refractivity (Wildman–Crippen MR) is 93.1 cm³/mol. The number of nitro groups is 1. The van der Waals surface area contributed by atoms with Crippen LogP contribution in [-0.2, 0) is 4.74 Å². The van der Waals surface area contributed by atoms with E-state index in [0.717, 1.165) is 13.1 Å². The average molecular weight is 352 g/mol. The minimum Gasteiger partial charge on any atom is -0.496 e. The number of carbonyl (C=O) groups is 1. The first-order valence-corrected chi connectivity index (χ1v) is 8.14. The quantitative estimate of drug-likeness (QED) is 0.598. The molecule has 0 saturated carbocycles. The van der Waals surface area contributed by atoms with Crippen molar-refractivity contribution in [3.63, 3.8) is 0 Å². The lowest BCUT2D eigenvalue weighted by Gasteiger charge is -2.35. The van der Waals surface area contributed by atoms with Crippen LogP contribution in [0.5, 0.6) is 5.75 Å². The number of rotatable bonds is 6. The molecule has 2 rings (SSSR count). The number of nitrogens with zero attached hydrogens (tertiary/aromatic N) is 2. The molecule has 0 aromatic heterocycles. The molecule has 0 aliphatic carbocycles. The van der Waals surface area contributed by atoms with Crippen LogP contribution < -0.4 is 15.4 Å². The fourth-order valence-corrected chi connectivity index (χ4v) is 2.86. The van der Waals surface area contributed by atoms with Crippen molar-refractivity contribution in [2.45, 2.75) is 26.1 Å². The molecule has 2 amide bonds. The van der Waals surface area contributed by atoms with Crippen LogP contribution >= 0.6 is 0 Å². The molecule has 2 atom stereocenters. The smallest absolute Gasteiger partial charge is 0.319 e. The van der Waals surface area contributed by atoms with Crippen molar-refractivity contribution in [2.75, 3.05) is 38.6 Å². The molecular weight excluding hydrogens is 328 g/mol. The molecule has 2 N–H and O–H groups in total. The van der Waals surface area contributed by atoms with Gasteiger partial charge < -0.3 is 20.1 Å². The average Bonchev–Trinajstić information content (AvgIpc) is 2.54. The largest absolute Gasteiger partial charge is 0.496 e. The molecule has 1 aromatic rings. The molecule has 1 fully saturated rings.